The molecule has 1 unspecified atom stereocenters. The molecule has 124 valence electrons. The lowest BCUT2D eigenvalue weighted by Gasteiger charge is -2.32. The fourth-order valence-electron chi connectivity index (χ4n) is 3.77. The highest BCUT2D eigenvalue weighted by Gasteiger charge is 2.30. The number of amides is 2. The Morgan fingerprint density at radius 3 is 2.52 bits per heavy atom. The zero-order valence-electron chi connectivity index (χ0n) is 13.7. The first-order chi connectivity index (χ1) is 11.2. The summed E-state index contributed by atoms with van der Waals surface area (Å²) in [6.07, 6.45) is 7.37. The molecule has 0 radical (unpaired) electrons. The van der Waals surface area contributed by atoms with Gasteiger partial charge in [-0.2, -0.15) is 0 Å². The fraction of sp³-hybridized carbons (Fsp3) is 0.579. The lowest BCUT2D eigenvalue weighted by atomic mass is 9.95. The van der Waals surface area contributed by atoms with Crippen LogP contribution in [-0.2, 0) is 9.59 Å². The number of piperidine rings is 1. The Balaban J connectivity index is 1.52. The van der Waals surface area contributed by atoms with Crippen LogP contribution in [0.3, 0.4) is 0 Å². The van der Waals surface area contributed by atoms with E-state index < -0.39 is 0 Å². The first kappa shape index (κ1) is 16.0. The molecule has 1 atom stereocenters. The van der Waals surface area contributed by atoms with Gasteiger partial charge in [0.2, 0.25) is 11.8 Å². The van der Waals surface area contributed by atoms with Crippen LogP contribution in [0.5, 0.6) is 0 Å². The molecule has 4 heteroatoms. The van der Waals surface area contributed by atoms with E-state index in [-0.39, 0.29) is 17.7 Å². The van der Waals surface area contributed by atoms with Crippen LogP contribution in [0.2, 0.25) is 0 Å². The largest absolute Gasteiger partial charge is 0.342 e. The third-order valence-electron chi connectivity index (χ3n) is 5.12. The molecule has 0 bridgehead atoms. The van der Waals surface area contributed by atoms with E-state index >= 15 is 0 Å². The molecule has 4 nitrogen and oxygen atoms in total. The molecule has 1 aliphatic carbocycles. The molecule has 1 aliphatic heterocycles. The van der Waals surface area contributed by atoms with Crippen molar-refractivity contribution in [1.82, 2.24) is 4.90 Å². The van der Waals surface area contributed by atoms with Crippen molar-refractivity contribution in [2.24, 2.45) is 11.8 Å². The van der Waals surface area contributed by atoms with E-state index in [9.17, 15) is 9.59 Å². The molecule has 1 saturated heterocycles. The van der Waals surface area contributed by atoms with Crippen molar-refractivity contribution >= 4 is 17.5 Å². The molecule has 2 amide bonds. The average molecular weight is 314 g/mol. The molecule has 1 heterocycles. The smallest absolute Gasteiger partial charge is 0.229 e. The van der Waals surface area contributed by atoms with Gasteiger partial charge in [-0.1, -0.05) is 31.0 Å². The van der Waals surface area contributed by atoms with Crippen LogP contribution in [0.1, 0.15) is 44.9 Å². The van der Waals surface area contributed by atoms with Crippen molar-refractivity contribution in [3.05, 3.63) is 30.3 Å². The Labute approximate surface area is 138 Å². The summed E-state index contributed by atoms with van der Waals surface area (Å²) in [5.41, 5.74) is 0.826. The molecule has 2 fully saturated rings. The normalized spacial score (nSPS) is 22.1. The first-order valence-electron chi connectivity index (χ1n) is 8.86. The van der Waals surface area contributed by atoms with Crippen LogP contribution in [0.15, 0.2) is 30.3 Å². The van der Waals surface area contributed by atoms with E-state index in [1.165, 1.54) is 25.7 Å². The molecular formula is C19H26N2O2. The Morgan fingerprint density at radius 1 is 1.04 bits per heavy atom. The zero-order chi connectivity index (χ0) is 16.1. The van der Waals surface area contributed by atoms with E-state index in [0.717, 1.165) is 25.1 Å². The van der Waals surface area contributed by atoms with Gasteiger partial charge >= 0.3 is 0 Å². The molecule has 2 aliphatic rings. The van der Waals surface area contributed by atoms with Crippen molar-refractivity contribution in [2.75, 3.05) is 18.4 Å². The minimum absolute atomic E-state index is 0.0366. The number of para-hydroxylation sites is 1. The minimum Gasteiger partial charge on any atom is -0.342 e. The van der Waals surface area contributed by atoms with E-state index in [2.05, 4.69) is 5.32 Å². The number of likely N-dealkylation sites (tertiary alicyclic amines) is 1. The highest BCUT2D eigenvalue weighted by Crippen LogP contribution is 2.29. The topological polar surface area (TPSA) is 49.4 Å². The number of nitrogens with one attached hydrogen (secondary N) is 1. The second-order valence-electron chi connectivity index (χ2n) is 6.89. The standard InChI is InChI=1S/C19H26N2O2/c22-18(13-15-7-4-5-8-15)21-12-6-9-16(14-21)19(23)20-17-10-2-1-3-11-17/h1-3,10-11,15-16H,4-9,12-14H2,(H,20,23). The number of carbonyl (C=O) groups excluding carboxylic acids is 2. The summed E-state index contributed by atoms with van der Waals surface area (Å²) in [6.45, 7) is 1.38. The molecular weight excluding hydrogens is 288 g/mol. The summed E-state index contributed by atoms with van der Waals surface area (Å²) >= 11 is 0. The summed E-state index contributed by atoms with van der Waals surface area (Å²) in [5.74, 6) is 0.765. The predicted molar refractivity (Wildman–Crippen MR) is 91.0 cm³/mol. The SMILES string of the molecule is O=C(Nc1ccccc1)C1CCCN(C(=O)CC2CCCC2)C1. The minimum atomic E-state index is -0.0866. The van der Waals surface area contributed by atoms with Crippen molar-refractivity contribution in [1.29, 1.82) is 0 Å². The van der Waals surface area contributed by atoms with Crippen LogP contribution < -0.4 is 5.32 Å². The van der Waals surface area contributed by atoms with Crippen molar-refractivity contribution in [3.63, 3.8) is 0 Å². The Kier molecular flexibility index (Phi) is 5.31. The predicted octanol–water partition coefficient (Wildman–Crippen LogP) is 3.44. The molecule has 0 aromatic heterocycles. The number of benzene rings is 1. The maximum Gasteiger partial charge on any atom is 0.229 e. The molecule has 1 N–H and O–H groups in total. The van der Waals surface area contributed by atoms with Gasteiger partial charge in [-0.15, -0.1) is 0 Å². The van der Waals surface area contributed by atoms with Gasteiger partial charge < -0.3 is 10.2 Å². The first-order valence-corrected chi connectivity index (χ1v) is 8.86. The molecule has 1 saturated carbocycles. The van der Waals surface area contributed by atoms with Crippen molar-refractivity contribution in [3.8, 4) is 0 Å². The van der Waals surface area contributed by atoms with Crippen LogP contribution in [0.25, 0.3) is 0 Å². The third kappa shape index (κ3) is 4.34. The molecule has 3 rings (SSSR count). The van der Waals surface area contributed by atoms with Gasteiger partial charge in [-0.05, 0) is 43.7 Å². The van der Waals surface area contributed by atoms with Crippen molar-refractivity contribution in [2.45, 2.75) is 44.9 Å². The monoisotopic (exact) mass is 314 g/mol. The summed E-state index contributed by atoms with van der Waals surface area (Å²) in [5, 5.41) is 2.97. The van der Waals surface area contributed by atoms with Gasteiger partial charge in [0, 0.05) is 25.2 Å². The summed E-state index contributed by atoms with van der Waals surface area (Å²) < 4.78 is 0. The van der Waals surface area contributed by atoms with Gasteiger partial charge in [0.1, 0.15) is 0 Å². The van der Waals surface area contributed by atoms with Gasteiger partial charge in [0.15, 0.2) is 0 Å². The van der Waals surface area contributed by atoms with Gasteiger partial charge in [0.25, 0.3) is 0 Å². The highest BCUT2D eigenvalue weighted by molar-refractivity contribution is 5.93. The lowest BCUT2D eigenvalue weighted by molar-refractivity contribution is -0.135. The maximum atomic E-state index is 12.5. The highest BCUT2D eigenvalue weighted by atomic mass is 16.2. The lowest BCUT2D eigenvalue weighted by Crippen LogP contribution is -2.44. The zero-order valence-corrected chi connectivity index (χ0v) is 13.7. The summed E-state index contributed by atoms with van der Waals surface area (Å²) in [7, 11) is 0. The Morgan fingerprint density at radius 2 is 1.78 bits per heavy atom. The maximum absolute atomic E-state index is 12.5. The number of hydrogen-bond donors (Lipinski definition) is 1. The van der Waals surface area contributed by atoms with E-state index in [1.54, 1.807) is 0 Å². The van der Waals surface area contributed by atoms with Crippen LogP contribution >= 0.6 is 0 Å². The van der Waals surface area contributed by atoms with Crippen LogP contribution in [-0.4, -0.2) is 29.8 Å². The van der Waals surface area contributed by atoms with Crippen molar-refractivity contribution < 1.29 is 9.59 Å². The molecule has 1 aromatic rings. The van der Waals surface area contributed by atoms with E-state index in [1.807, 2.05) is 35.2 Å². The van der Waals surface area contributed by atoms with Crippen LogP contribution in [0, 0.1) is 11.8 Å². The Hall–Kier alpha value is -1.84. The number of anilines is 1. The van der Waals surface area contributed by atoms with Gasteiger partial charge in [0.05, 0.1) is 5.92 Å². The second kappa shape index (κ2) is 7.62. The molecule has 1 aromatic carbocycles. The fourth-order valence-corrected chi connectivity index (χ4v) is 3.77. The van der Waals surface area contributed by atoms with Gasteiger partial charge in [-0.3, -0.25) is 9.59 Å². The number of carbonyl (C=O) groups is 2. The van der Waals surface area contributed by atoms with E-state index in [4.69, 9.17) is 0 Å². The number of nitrogens with zero attached hydrogens (tertiary/aromatic N) is 1. The molecule has 23 heavy (non-hydrogen) atoms. The van der Waals surface area contributed by atoms with Crippen LogP contribution in [0.4, 0.5) is 5.69 Å². The summed E-state index contributed by atoms with van der Waals surface area (Å²) in [6, 6.07) is 9.54. The average Bonchev–Trinajstić information content (AvgIpc) is 3.09. The third-order valence-corrected chi connectivity index (χ3v) is 5.12. The summed E-state index contributed by atoms with van der Waals surface area (Å²) in [4.78, 5) is 26.8. The quantitative estimate of drug-likeness (QED) is 0.925. The van der Waals surface area contributed by atoms with Gasteiger partial charge in [-0.25, -0.2) is 0 Å². The number of hydrogen-bond acceptors (Lipinski definition) is 2. The Bertz CT molecular complexity index is 538. The second-order valence-corrected chi connectivity index (χ2v) is 6.89. The van der Waals surface area contributed by atoms with E-state index in [0.29, 0.717) is 18.9 Å². The number of rotatable bonds is 4. The molecule has 0 spiro atoms.